The van der Waals surface area contributed by atoms with Gasteiger partial charge in [0.15, 0.2) is 0 Å². The number of hydrogen-bond donors (Lipinski definition) is 1. The first-order valence-electron chi connectivity index (χ1n) is 7.94. The van der Waals surface area contributed by atoms with Crippen molar-refractivity contribution in [3.63, 3.8) is 0 Å². The summed E-state index contributed by atoms with van der Waals surface area (Å²) in [5.41, 5.74) is 2.74. The molecule has 1 aliphatic heterocycles. The van der Waals surface area contributed by atoms with Gasteiger partial charge in [-0.05, 0) is 51.4 Å². The molecule has 0 radical (unpaired) electrons. The maximum Gasteiger partial charge on any atom is 0.134 e. The molecule has 0 atom stereocenters. The number of hydrogen-bond acceptors (Lipinski definition) is 3. The molecule has 2 aromatic rings. The summed E-state index contributed by atoms with van der Waals surface area (Å²) in [5, 5.41) is 4.91. The zero-order valence-corrected chi connectivity index (χ0v) is 13.4. The molecule has 0 bridgehead atoms. The maximum absolute atomic E-state index is 5.83. The second kappa shape index (κ2) is 5.82. The average Bonchev–Trinajstić information content (AvgIpc) is 2.79. The minimum atomic E-state index is 0.431. The maximum atomic E-state index is 5.83. The number of furan rings is 1. The molecule has 3 rings (SSSR count). The molecule has 0 saturated carbocycles. The Hall–Kier alpha value is -1.32. The summed E-state index contributed by atoms with van der Waals surface area (Å²) >= 11 is 0. The minimum absolute atomic E-state index is 0.431. The van der Waals surface area contributed by atoms with Crippen molar-refractivity contribution in [2.75, 3.05) is 26.7 Å². The summed E-state index contributed by atoms with van der Waals surface area (Å²) in [6.07, 6.45) is 2.56. The zero-order valence-electron chi connectivity index (χ0n) is 13.4. The summed E-state index contributed by atoms with van der Waals surface area (Å²) in [4.78, 5) is 2.43. The number of likely N-dealkylation sites (tertiary alicyclic amines) is 1. The fourth-order valence-electron chi connectivity index (χ4n) is 3.27. The Bertz CT molecular complexity index is 609. The minimum Gasteiger partial charge on any atom is -0.461 e. The molecule has 0 spiro atoms. The molecular formula is C18H26N2O. The zero-order chi connectivity index (χ0) is 14.9. The Balaban J connectivity index is 1.63. The van der Waals surface area contributed by atoms with E-state index in [4.69, 9.17) is 4.42 Å². The van der Waals surface area contributed by atoms with Crippen molar-refractivity contribution in [1.29, 1.82) is 0 Å². The van der Waals surface area contributed by atoms with Gasteiger partial charge in [0, 0.05) is 24.0 Å². The highest BCUT2D eigenvalue weighted by Gasteiger charge is 2.28. The van der Waals surface area contributed by atoms with Gasteiger partial charge in [0.25, 0.3) is 0 Å². The van der Waals surface area contributed by atoms with Crippen molar-refractivity contribution in [3.05, 3.63) is 35.6 Å². The van der Waals surface area contributed by atoms with Gasteiger partial charge in [-0.3, -0.25) is 0 Å². The van der Waals surface area contributed by atoms with Crippen molar-refractivity contribution >= 4 is 11.0 Å². The molecule has 1 aromatic carbocycles. The van der Waals surface area contributed by atoms with E-state index < -0.39 is 0 Å². The lowest BCUT2D eigenvalue weighted by atomic mass is 9.80. The topological polar surface area (TPSA) is 28.4 Å². The van der Waals surface area contributed by atoms with Crippen LogP contribution >= 0.6 is 0 Å². The fraction of sp³-hybridized carbons (Fsp3) is 0.556. The molecule has 2 heterocycles. The molecule has 114 valence electrons. The van der Waals surface area contributed by atoms with Crippen molar-refractivity contribution in [3.8, 4) is 0 Å². The molecule has 1 N–H and O–H groups in total. The largest absolute Gasteiger partial charge is 0.461 e. The van der Waals surface area contributed by atoms with E-state index in [1.54, 1.807) is 0 Å². The second-order valence-corrected chi connectivity index (χ2v) is 6.85. The summed E-state index contributed by atoms with van der Waals surface area (Å²) in [5.74, 6) is 1.04. The van der Waals surface area contributed by atoms with Gasteiger partial charge in [-0.25, -0.2) is 0 Å². The van der Waals surface area contributed by atoms with E-state index in [-0.39, 0.29) is 0 Å². The fourth-order valence-corrected chi connectivity index (χ4v) is 3.27. The highest BCUT2D eigenvalue weighted by atomic mass is 16.3. The molecule has 1 fully saturated rings. The summed E-state index contributed by atoms with van der Waals surface area (Å²) in [6, 6.07) is 8.31. The molecule has 0 unspecified atom stereocenters. The molecular weight excluding hydrogens is 260 g/mol. The van der Waals surface area contributed by atoms with Gasteiger partial charge < -0.3 is 14.6 Å². The number of para-hydroxylation sites is 1. The normalized spacial score (nSPS) is 19.2. The molecule has 1 aromatic heterocycles. The number of aryl methyl sites for hydroxylation is 1. The highest BCUT2D eigenvalue weighted by molar-refractivity contribution is 5.82. The standard InChI is InChI=1S/C18H26N2O/c1-14-16(15-6-4-5-7-17(15)21-14)12-19-13-18(2)8-10-20(3)11-9-18/h4-7,19H,8-13H2,1-3H3. The van der Waals surface area contributed by atoms with Gasteiger partial charge in [0.1, 0.15) is 11.3 Å². The monoisotopic (exact) mass is 286 g/mol. The van der Waals surface area contributed by atoms with Crippen molar-refractivity contribution < 1.29 is 4.42 Å². The summed E-state index contributed by atoms with van der Waals surface area (Å²) in [6.45, 7) is 8.88. The SMILES string of the molecule is Cc1oc2ccccc2c1CNCC1(C)CCN(C)CC1. The number of rotatable bonds is 4. The number of piperidine rings is 1. The third-order valence-electron chi connectivity index (χ3n) is 4.95. The van der Waals surface area contributed by atoms with Crippen LogP contribution < -0.4 is 5.32 Å². The van der Waals surface area contributed by atoms with Crippen LogP contribution in [0.4, 0.5) is 0 Å². The van der Waals surface area contributed by atoms with Gasteiger partial charge in [0.2, 0.25) is 0 Å². The lowest BCUT2D eigenvalue weighted by molar-refractivity contribution is 0.137. The predicted molar refractivity (Wildman–Crippen MR) is 87.5 cm³/mol. The number of nitrogens with zero attached hydrogens (tertiary/aromatic N) is 1. The van der Waals surface area contributed by atoms with Crippen LogP contribution in [0, 0.1) is 12.3 Å². The molecule has 3 heteroatoms. The van der Waals surface area contributed by atoms with E-state index in [1.165, 1.54) is 36.9 Å². The molecule has 3 nitrogen and oxygen atoms in total. The van der Waals surface area contributed by atoms with E-state index in [0.29, 0.717) is 5.41 Å². The lowest BCUT2D eigenvalue weighted by Gasteiger charge is -2.38. The van der Waals surface area contributed by atoms with Gasteiger partial charge in [-0.1, -0.05) is 25.1 Å². The molecule has 1 saturated heterocycles. The molecule has 1 aliphatic rings. The first-order valence-corrected chi connectivity index (χ1v) is 7.94. The Kier molecular flexibility index (Phi) is 4.05. The van der Waals surface area contributed by atoms with Crippen molar-refractivity contribution in [2.45, 2.75) is 33.2 Å². The van der Waals surface area contributed by atoms with E-state index in [9.17, 15) is 0 Å². The predicted octanol–water partition coefficient (Wildman–Crippen LogP) is 3.56. The molecule has 0 amide bonds. The lowest BCUT2D eigenvalue weighted by Crippen LogP contribution is -2.41. The Morgan fingerprint density at radius 1 is 1.24 bits per heavy atom. The summed E-state index contributed by atoms with van der Waals surface area (Å²) in [7, 11) is 2.22. The smallest absolute Gasteiger partial charge is 0.134 e. The quantitative estimate of drug-likeness (QED) is 0.931. The van der Waals surface area contributed by atoms with E-state index in [0.717, 1.165) is 24.4 Å². The van der Waals surface area contributed by atoms with E-state index in [1.807, 2.05) is 12.1 Å². The van der Waals surface area contributed by atoms with Crippen LogP contribution in [0.15, 0.2) is 28.7 Å². The van der Waals surface area contributed by atoms with Gasteiger partial charge in [-0.15, -0.1) is 0 Å². The van der Waals surface area contributed by atoms with E-state index >= 15 is 0 Å². The van der Waals surface area contributed by atoms with Crippen LogP contribution in [0.2, 0.25) is 0 Å². The van der Waals surface area contributed by atoms with E-state index in [2.05, 4.69) is 43.2 Å². The van der Waals surface area contributed by atoms with Crippen LogP contribution in [0.25, 0.3) is 11.0 Å². The molecule has 0 aliphatic carbocycles. The van der Waals surface area contributed by atoms with Gasteiger partial charge in [0.05, 0.1) is 0 Å². The number of benzene rings is 1. The van der Waals surface area contributed by atoms with Gasteiger partial charge in [-0.2, -0.15) is 0 Å². The summed E-state index contributed by atoms with van der Waals surface area (Å²) < 4.78 is 5.83. The van der Waals surface area contributed by atoms with Crippen molar-refractivity contribution in [1.82, 2.24) is 10.2 Å². The third kappa shape index (κ3) is 3.14. The first-order chi connectivity index (χ1) is 10.1. The Labute approximate surface area is 127 Å². The Morgan fingerprint density at radius 3 is 2.71 bits per heavy atom. The Morgan fingerprint density at radius 2 is 1.95 bits per heavy atom. The van der Waals surface area contributed by atoms with Crippen LogP contribution in [-0.4, -0.2) is 31.6 Å². The second-order valence-electron chi connectivity index (χ2n) is 6.85. The third-order valence-corrected chi connectivity index (χ3v) is 4.95. The van der Waals surface area contributed by atoms with Gasteiger partial charge >= 0.3 is 0 Å². The van der Waals surface area contributed by atoms with Crippen LogP contribution in [0.5, 0.6) is 0 Å². The van der Waals surface area contributed by atoms with Crippen molar-refractivity contribution in [2.24, 2.45) is 5.41 Å². The van der Waals surface area contributed by atoms with Crippen LogP contribution in [0.3, 0.4) is 0 Å². The highest BCUT2D eigenvalue weighted by Crippen LogP contribution is 2.30. The first kappa shape index (κ1) is 14.6. The van der Waals surface area contributed by atoms with Crippen LogP contribution in [0.1, 0.15) is 31.1 Å². The molecule has 21 heavy (non-hydrogen) atoms. The number of fused-ring (bicyclic) bond motifs is 1. The number of nitrogens with one attached hydrogen (secondary N) is 1. The van der Waals surface area contributed by atoms with Crippen LogP contribution in [-0.2, 0) is 6.54 Å². The average molecular weight is 286 g/mol.